The number of amides is 1. The highest BCUT2D eigenvalue weighted by Crippen LogP contribution is 2.41. The van der Waals surface area contributed by atoms with Gasteiger partial charge in [-0.25, -0.2) is 4.79 Å². The number of nitrogens with one attached hydrogen (secondary N) is 1. The number of allylic oxidation sites excluding steroid dienone is 1. The number of ether oxygens (including phenoxy) is 12. The van der Waals surface area contributed by atoms with Crippen LogP contribution in [0.4, 0.5) is 0 Å². The van der Waals surface area contributed by atoms with Gasteiger partial charge in [-0.2, -0.15) is 0 Å². The molecule has 0 bridgehead atoms. The van der Waals surface area contributed by atoms with Gasteiger partial charge in [0.2, 0.25) is 5.91 Å². The number of nitrogens with two attached hydrogens (primary N) is 1. The molecule has 31 atom stereocenters. The lowest BCUT2D eigenvalue weighted by molar-refractivity contribution is -0.405. The monoisotopic (exact) mass is 1170 g/mol. The van der Waals surface area contributed by atoms with Crippen LogP contribution in [-0.2, 0) is 66.4 Å². The first-order chi connectivity index (χ1) is 37.8. The molecular weight excluding hydrogens is 1090 g/mol. The van der Waals surface area contributed by atoms with E-state index in [-0.39, 0.29) is 6.61 Å². The molecule has 0 saturated carbocycles. The van der Waals surface area contributed by atoms with E-state index in [0.717, 1.165) is 6.92 Å². The Morgan fingerprint density at radius 1 is 0.637 bits per heavy atom. The predicted molar refractivity (Wildman–Crippen MR) is 252 cm³/mol. The van der Waals surface area contributed by atoms with Gasteiger partial charge in [0.25, 0.3) is 5.79 Å². The molecule has 0 unspecified atom stereocenters. The van der Waals surface area contributed by atoms with E-state index in [1.54, 1.807) is 6.08 Å². The molecule has 80 heavy (non-hydrogen) atoms. The highest BCUT2D eigenvalue weighted by atomic mass is 16.8. The van der Waals surface area contributed by atoms with Crippen molar-refractivity contribution in [2.45, 2.75) is 223 Å². The van der Waals surface area contributed by atoms with Crippen molar-refractivity contribution in [1.82, 2.24) is 5.32 Å². The zero-order valence-corrected chi connectivity index (χ0v) is 43.3. The van der Waals surface area contributed by atoms with Gasteiger partial charge in [0, 0.05) is 13.3 Å². The molecule has 34 heteroatoms. The third-order valence-electron chi connectivity index (χ3n) is 14.7. The van der Waals surface area contributed by atoms with Crippen molar-refractivity contribution in [3.05, 3.63) is 12.7 Å². The molecule has 6 saturated heterocycles. The molecule has 21 N–H and O–H groups in total. The second kappa shape index (κ2) is 29.0. The van der Waals surface area contributed by atoms with Crippen LogP contribution in [-0.4, -0.2) is 333 Å². The highest BCUT2D eigenvalue weighted by molar-refractivity contribution is 5.76. The number of unbranched alkanes of at least 4 members (excludes halogenated alkanes) is 1. The number of aliphatic hydroxyl groups excluding tert-OH is 17. The van der Waals surface area contributed by atoms with E-state index in [0.29, 0.717) is 12.8 Å². The predicted octanol–water partition coefficient (Wildman–Crippen LogP) is -11.8. The third-order valence-corrected chi connectivity index (χ3v) is 14.7. The van der Waals surface area contributed by atoms with Gasteiger partial charge < -0.3 is 160 Å². The molecule has 34 nitrogen and oxygen atoms in total. The fraction of sp³-hybridized carbons (Fsp3) is 0.913. The maximum atomic E-state index is 13.6. The molecule has 0 aromatic carbocycles. The van der Waals surface area contributed by atoms with E-state index >= 15 is 0 Å². The first kappa shape index (κ1) is 66.6. The third kappa shape index (κ3) is 14.4. The zero-order chi connectivity index (χ0) is 59.2. The summed E-state index contributed by atoms with van der Waals surface area (Å²) in [5.74, 6) is -6.31. The van der Waals surface area contributed by atoms with Gasteiger partial charge in [-0.3, -0.25) is 4.79 Å². The van der Waals surface area contributed by atoms with E-state index in [1.807, 2.05) is 0 Å². The minimum atomic E-state index is -3.33. The van der Waals surface area contributed by atoms with Crippen LogP contribution >= 0.6 is 0 Å². The largest absolute Gasteiger partial charge is 0.477 e. The van der Waals surface area contributed by atoms with Crippen LogP contribution in [0.25, 0.3) is 0 Å². The Kier molecular flexibility index (Phi) is 24.2. The van der Waals surface area contributed by atoms with Crippen molar-refractivity contribution >= 4 is 11.9 Å². The number of hydrogen-bond donors (Lipinski definition) is 20. The standard InChI is InChI=1S/C46H78N2O32/c1-4-5-6-7-69-41-32(65)30(63)34(20(12-52)73-41)75-43-33(66)38(80-46(45(67)68)8-16(55)23(48-15(3)54)37(79-46)25(58)17(56)9-49)35(21(13-53)74-43)76-40-22(47)36(27(60)19(11-51)71-40)77-44-39(29(62)26(59)18(10-50)72-44)78-42-31(64)28(61)24(57)14(2)70-42/h4,14,16-44,49-53,55-66H,1,5-13,47H2,2-3H3,(H,48,54)(H,67,68)/t14-,16-,17+,18+,19+,20+,21+,22+,23+,24+,25+,26-,27-,28+,29-,30+,31-,32+,33+,34+,35-,36+,37+,38+,39+,40-,41+,42-,43-,44-,46-/m0/s1. The lowest BCUT2D eigenvalue weighted by atomic mass is 9.88. The molecule has 0 aromatic rings. The fourth-order valence-electron chi connectivity index (χ4n) is 10.1. The average molecular weight is 1170 g/mol. The summed E-state index contributed by atoms with van der Waals surface area (Å²) < 4.78 is 70.2. The molecule has 6 fully saturated rings. The lowest BCUT2D eigenvalue weighted by Crippen LogP contribution is -2.72. The Hall–Kier alpha value is -2.52. The Balaban J connectivity index is 1.37. The first-order valence-corrected chi connectivity index (χ1v) is 25.8. The molecule has 6 rings (SSSR count). The van der Waals surface area contributed by atoms with Crippen LogP contribution in [0.1, 0.15) is 33.1 Å². The van der Waals surface area contributed by atoms with Crippen molar-refractivity contribution in [3.8, 4) is 0 Å². The van der Waals surface area contributed by atoms with Gasteiger partial charge in [0.15, 0.2) is 31.5 Å². The number of carbonyl (C=O) groups is 2. The van der Waals surface area contributed by atoms with Crippen LogP contribution < -0.4 is 11.1 Å². The van der Waals surface area contributed by atoms with E-state index in [1.165, 1.54) is 6.92 Å². The molecule has 6 aliphatic heterocycles. The Bertz CT molecular complexity index is 1950. The van der Waals surface area contributed by atoms with Gasteiger partial charge in [-0.05, 0) is 19.8 Å². The van der Waals surface area contributed by atoms with Crippen LogP contribution in [0.5, 0.6) is 0 Å². The van der Waals surface area contributed by atoms with Crippen molar-refractivity contribution < 1.29 is 158 Å². The quantitative estimate of drug-likeness (QED) is 0.0315. The highest BCUT2D eigenvalue weighted by Gasteiger charge is 2.62. The molecule has 6 aliphatic rings. The number of hydrogen-bond acceptors (Lipinski definition) is 32. The maximum Gasteiger partial charge on any atom is 0.364 e. The number of aliphatic hydroxyl groups is 17. The van der Waals surface area contributed by atoms with Gasteiger partial charge in [0.05, 0.1) is 63.9 Å². The maximum absolute atomic E-state index is 13.6. The van der Waals surface area contributed by atoms with E-state index in [2.05, 4.69) is 11.9 Å². The lowest BCUT2D eigenvalue weighted by Gasteiger charge is -2.52. The second-order valence-corrected chi connectivity index (χ2v) is 20.3. The summed E-state index contributed by atoms with van der Waals surface area (Å²) in [5.41, 5.74) is 6.66. The summed E-state index contributed by atoms with van der Waals surface area (Å²) in [4.78, 5) is 25.9. The minimum absolute atomic E-state index is 0.00384. The topological polar surface area (TPSA) is 547 Å². The molecule has 0 aromatic heterocycles. The van der Waals surface area contributed by atoms with Crippen LogP contribution in [0.2, 0.25) is 0 Å². The van der Waals surface area contributed by atoms with Gasteiger partial charge in [0.1, 0.15) is 128 Å². The minimum Gasteiger partial charge on any atom is -0.477 e. The summed E-state index contributed by atoms with van der Waals surface area (Å²) in [6, 6.07) is -3.65. The molecule has 0 aliphatic carbocycles. The number of carboxylic acids is 1. The van der Waals surface area contributed by atoms with Crippen molar-refractivity contribution in [3.63, 3.8) is 0 Å². The normalized spacial score (nSPS) is 47.2. The molecule has 6 heterocycles. The van der Waals surface area contributed by atoms with Crippen LogP contribution in [0, 0.1) is 0 Å². The van der Waals surface area contributed by atoms with Crippen LogP contribution in [0.3, 0.4) is 0 Å². The van der Waals surface area contributed by atoms with Gasteiger partial charge >= 0.3 is 5.97 Å². The molecule has 464 valence electrons. The van der Waals surface area contributed by atoms with E-state index in [9.17, 15) is 102 Å². The first-order valence-electron chi connectivity index (χ1n) is 25.8. The summed E-state index contributed by atoms with van der Waals surface area (Å²) >= 11 is 0. The molecule has 0 radical (unpaired) electrons. The zero-order valence-electron chi connectivity index (χ0n) is 43.3. The summed E-state index contributed by atoms with van der Waals surface area (Å²) in [5, 5.41) is 198. The van der Waals surface area contributed by atoms with Gasteiger partial charge in [-0.1, -0.05) is 6.08 Å². The number of rotatable bonds is 24. The Labute approximate surface area is 455 Å². The van der Waals surface area contributed by atoms with Crippen molar-refractivity contribution in [1.29, 1.82) is 0 Å². The van der Waals surface area contributed by atoms with E-state index in [4.69, 9.17) is 62.6 Å². The molecule has 0 spiro atoms. The van der Waals surface area contributed by atoms with Crippen molar-refractivity contribution in [2.24, 2.45) is 5.73 Å². The fourth-order valence-corrected chi connectivity index (χ4v) is 10.1. The smallest absolute Gasteiger partial charge is 0.364 e. The summed E-state index contributed by atoms with van der Waals surface area (Å²) in [7, 11) is 0. The number of carboxylic acid groups (broad SMARTS) is 1. The van der Waals surface area contributed by atoms with E-state index < -0.39 is 241 Å². The van der Waals surface area contributed by atoms with Crippen LogP contribution in [0.15, 0.2) is 12.7 Å². The van der Waals surface area contributed by atoms with Gasteiger partial charge in [-0.15, -0.1) is 6.58 Å². The average Bonchev–Trinajstić information content (AvgIpc) is 3.47. The van der Waals surface area contributed by atoms with Crippen molar-refractivity contribution in [2.75, 3.05) is 39.6 Å². The summed E-state index contributed by atoms with van der Waals surface area (Å²) in [6.45, 7) is 0.499. The second-order valence-electron chi connectivity index (χ2n) is 20.3. The number of carbonyl (C=O) groups excluding carboxylic acids is 1. The molecular formula is C46H78N2O32. The SMILES string of the molecule is C=CCCCO[C@@H]1O[C@H](CO)[C@@H](O[C@@H]2O[C@H](CO)[C@H](O[C@@H]3O[C@H](CO)[C@H](O)[C@H](O[C@@H]4O[C@H](CO)[C@H](O)[C@H](O)[C@H]4O[C@@H]4O[C@@H](C)[C@@H](O)[C@@H](O)[C@@H]4O)[C@H]3N)[C@H](O[C@]3(C(=O)O)C[C@H](O)[C@@H](NC(C)=O)[C@H]([C@H](O)[C@H](O)CO)O3)[C@H]2O)[C@H](O)[C@H]1O. The Morgan fingerprint density at radius 2 is 1.16 bits per heavy atom. The number of aliphatic carboxylic acids is 1. The Morgan fingerprint density at radius 3 is 1.76 bits per heavy atom. The summed E-state index contributed by atoms with van der Waals surface area (Å²) in [6.07, 6.45) is -53.7. The molecule has 1 amide bonds.